The van der Waals surface area contributed by atoms with Crippen molar-refractivity contribution >= 4 is 17.8 Å². The minimum atomic E-state index is -0.256. The maximum atomic E-state index is 12.6. The predicted molar refractivity (Wildman–Crippen MR) is 126 cm³/mol. The number of amides is 2. The highest BCUT2D eigenvalue weighted by molar-refractivity contribution is 5.94. The van der Waals surface area contributed by atoms with Gasteiger partial charge in [0.25, 0.3) is 11.8 Å². The number of benzene rings is 1. The Labute approximate surface area is 191 Å². The van der Waals surface area contributed by atoms with Crippen LogP contribution in [0.2, 0.25) is 0 Å². The first-order chi connectivity index (χ1) is 15.5. The third-order valence-corrected chi connectivity index (χ3v) is 6.02. The molecule has 2 fully saturated rings. The molecule has 0 saturated carbocycles. The van der Waals surface area contributed by atoms with Gasteiger partial charge in [-0.1, -0.05) is 19.1 Å². The molecule has 2 aliphatic rings. The van der Waals surface area contributed by atoms with Gasteiger partial charge in [-0.3, -0.25) is 9.59 Å². The quantitative estimate of drug-likeness (QED) is 0.497. The van der Waals surface area contributed by atoms with Gasteiger partial charge in [0.05, 0.1) is 6.54 Å². The van der Waals surface area contributed by atoms with E-state index in [4.69, 9.17) is 9.73 Å². The summed E-state index contributed by atoms with van der Waals surface area (Å²) in [5.41, 5.74) is 1.65. The molecule has 0 radical (unpaired) electrons. The van der Waals surface area contributed by atoms with Crippen molar-refractivity contribution in [1.29, 1.82) is 0 Å². The summed E-state index contributed by atoms with van der Waals surface area (Å²) in [6.07, 6.45) is 2.44. The van der Waals surface area contributed by atoms with E-state index in [0.29, 0.717) is 31.8 Å². The lowest BCUT2D eigenvalue weighted by molar-refractivity contribution is -0.142. The van der Waals surface area contributed by atoms with Gasteiger partial charge in [-0.05, 0) is 50.8 Å². The summed E-state index contributed by atoms with van der Waals surface area (Å²) < 4.78 is 5.55. The topological polar surface area (TPSA) is 86.3 Å². The van der Waals surface area contributed by atoms with Gasteiger partial charge in [0.2, 0.25) is 0 Å². The Bertz CT molecular complexity index is 799. The second-order valence-electron chi connectivity index (χ2n) is 8.47. The van der Waals surface area contributed by atoms with Crippen molar-refractivity contribution in [3.63, 3.8) is 0 Å². The summed E-state index contributed by atoms with van der Waals surface area (Å²) in [6.45, 7) is 10.9. The molecule has 0 aromatic heterocycles. The van der Waals surface area contributed by atoms with Crippen molar-refractivity contribution in [2.75, 3.05) is 39.3 Å². The molecule has 2 saturated heterocycles. The summed E-state index contributed by atoms with van der Waals surface area (Å²) in [5.74, 6) is 0.909. The van der Waals surface area contributed by atoms with E-state index >= 15 is 0 Å². The van der Waals surface area contributed by atoms with Crippen LogP contribution >= 0.6 is 0 Å². The molecule has 2 atom stereocenters. The molecule has 176 valence electrons. The molecular formula is C24H37N5O3. The van der Waals surface area contributed by atoms with E-state index in [1.807, 2.05) is 43.0 Å². The van der Waals surface area contributed by atoms with E-state index in [-0.39, 0.29) is 24.0 Å². The van der Waals surface area contributed by atoms with Crippen LogP contribution in [0.25, 0.3) is 0 Å². The van der Waals surface area contributed by atoms with Crippen molar-refractivity contribution in [2.45, 2.75) is 58.7 Å². The Hall–Kier alpha value is -2.61. The number of hydrogen-bond acceptors (Lipinski definition) is 4. The van der Waals surface area contributed by atoms with Crippen LogP contribution in [-0.2, 0) is 16.1 Å². The number of piperazine rings is 1. The average molecular weight is 444 g/mol. The van der Waals surface area contributed by atoms with Crippen LogP contribution < -0.4 is 10.6 Å². The van der Waals surface area contributed by atoms with Crippen LogP contribution in [0.1, 0.15) is 56.0 Å². The maximum Gasteiger partial charge on any atom is 0.251 e. The van der Waals surface area contributed by atoms with Gasteiger partial charge in [0.15, 0.2) is 5.96 Å². The van der Waals surface area contributed by atoms with E-state index in [1.165, 1.54) is 0 Å². The number of carbonyl (C=O) groups is 2. The smallest absolute Gasteiger partial charge is 0.251 e. The molecule has 0 bridgehead atoms. The summed E-state index contributed by atoms with van der Waals surface area (Å²) in [6, 6.07) is 7.78. The Morgan fingerprint density at radius 3 is 2.59 bits per heavy atom. The third-order valence-electron chi connectivity index (χ3n) is 6.02. The number of ether oxygens (including phenoxy) is 1. The Morgan fingerprint density at radius 1 is 1.19 bits per heavy atom. The second-order valence-corrected chi connectivity index (χ2v) is 8.47. The lowest BCUT2D eigenvalue weighted by atomic mass is 10.1. The lowest BCUT2D eigenvalue weighted by Gasteiger charge is -2.37. The second kappa shape index (κ2) is 11.9. The molecule has 2 amide bonds. The molecule has 3 rings (SSSR count). The molecule has 2 heterocycles. The fourth-order valence-corrected chi connectivity index (χ4v) is 3.93. The van der Waals surface area contributed by atoms with Crippen LogP contribution in [0, 0.1) is 0 Å². The highest BCUT2D eigenvalue weighted by Gasteiger charge is 2.30. The lowest BCUT2D eigenvalue weighted by Crippen LogP contribution is -2.55. The molecule has 2 N–H and O–H groups in total. The van der Waals surface area contributed by atoms with Crippen LogP contribution in [0.4, 0.5) is 0 Å². The minimum Gasteiger partial charge on any atom is -0.368 e. The van der Waals surface area contributed by atoms with Gasteiger partial charge in [-0.25, -0.2) is 4.99 Å². The van der Waals surface area contributed by atoms with Gasteiger partial charge in [-0.2, -0.15) is 0 Å². The number of nitrogens with one attached hydrogen (secondary N) is 2. The fourth-order valence-electron chi connectivity index (χ4n) is 3.93. The van der Waals surface area contributed by atoms with Gasteiger partial charge in [0.1, 0.15) is 6.10 Å². The largest absolute Gasteiger partial charge is 0.368 e. The number of rotatable bonds is 7. The molecular weight excluding hydrogens is 406 g/mol. The van der Waals surface area contributed by atoms with Gasteiger partial charge < -0.3 is 25.2 Å². The van der Waals surface area contributed by atoms with Crippen LogP contribution in [-0.4, -0.2) is 79.1 Å². The normalized spacial score (nSPS) is 20.2. The standard InChI is InChI=1S/C24H37N5O3/c1-4-18(3)27-22(30)20-9-6-8-19(16-20)17-26-24(25-5-2)29-13-11-28(12-14-29)23(31)21-10-7-15-32-21/h6,8-9,16,18,21H,4-5,7,10-15,17H2,1-3H3,(H,25,26)(H,27,30). The van der Waals surface area contributed by atoms with Crippen LogP contribution in [0.3, 0.4) is 0 Å². The number of guanidine groups is 1. The number of carbonyl (C=O) groups excluding carboxylic acids is 2. The summed E-state index contributed by atoms with van der Waals surface area (Å²) in [5, 5.41) is 6.37. The highest BCUT2D eigenvalue weighted by Crippen LogP contribution is 2.16. The summed E-state index contributed by atoms with van der Waals surface area (Å²) >= 11 is 0. The van der Waals surface area contributed by atoms with Gasteiger partial charge in [0, 0.05) is 50.9 Å². The first kappa shape index (κ1) is 24.0. The van der Waals surface area contributed by atoms with Gasteiger partial charge in [-0.15, -0.1) is 0 Å². The van der Waals surface area contributed by atoms with Crippen molar-refractivity contribution in [3.05, 3.63) is 35.4 Å². The number of nitrogens with zero attached hydrogens (tertiary/aromatic N) is 3. The van der Waals surface area contributed by atoms with Gasteiger partial charge >= 0.3 is 0 Å². The average Bonchev–Trinajstić information content (AvgIpc) is 3.36. The fraction of sp³-hybridized carbons (Fsp3) is 0.625. The highest BCUT2D eigenvalue weighted by atomic mass is 16.5. The van der Waals surface area contributed by atoms with E-state index in [2.05, 4.69) is 22.5 Å². The molecule has 8 heteroatoms. The monoisotopic (exact) mass is 443 g/mol. The van der Waals surface area contributed by atoms with Crippen molar-refractivity contribution < 1.29 is 14.3 Å². The zero-order valence-electron chi connectivity index (χ0n) is 19.6. The third kappa shape index (κ3) is 6.45. The van der Waals surface area contributed by atoms with Crippen molar-refractivity contribution in [1.82, 2.24) is 20.4 Å². The molecule has 8 nitrogen and oxygen atoms in total. The van der Waals surface area contributed by atoms with Crippen molar-refractivity contribution in [2.24, 2.45) is 4.99 Å². The molecule has 2 aliphatic heterocycles. The summed E-state index contributed by atoms with van der Waals surface area (Å²) in [4.78, 5) is 33.9. The SMILES string of the molecule is CCNC(=NCc1cccc(C(=O)NC(C)CC)c1)N1CCN(C(=O)C2CCCO2)CC1. The molecule has 1 aromatic carbocycles. The van der Waals surface area contributed by atoms with Crippen molar-refractivity contribution in [3.8, 4) is 0 Å². The zero-order valence-corrected chi connectivity index (χ0v) is 19.6. The van der Waals surface area contributed by atoms with E-state index in [1.54, 1.807) is 0 Å². The molecule has 1 aromatic rings. The number of hydrogen-bond donors (Lipinski definition) is 2. The Kier molecular flexibility index (Phi) is 8.90. The molecule has 32 heavy (non-hydrogen) atoms. The zero-order chi connectivity index (χ0) is 22.9. The van der Waals surface area contributed by atoms with E-state index in [0.717, 1.165) is 50.4 Å². The summed E-state index contributed by atoms with van der Waals surface area (Å²) in [7, 11) is 0. The predicted octanol–water partition coefficient (Wildman–Crippen LogP) is 2.00. The number of aliphatic imine (C=N–C) groups is 1. The first-order valence-corrected chi connectivity index (χ1v) is 11.8. The minimum absolute atomic E-state index is 0.0517. The first-order valence-electron chi connectivity index (χ1n) is 11.8. The van der Waals surface area contributed by atoms with E-state index in [9.17, 15) is 9.59 Å². The molecule has 0 aliphatic carbocycles. The molecule has 2 unspecified atom stereocenters. The maximum absolute atomic E-state index is 12.6. The Morgan fingerprint density at radius 2 is 1.94 bits per heavy atom. The van der Waals surface area contributed by atoms with E-state index < -0.39 is 0 Å². The Balaban J connectivity index is 1.59. The van der Waals surface area contributed by atoms with Crippen LogP contribution in [0.5, 0.6) is 0 Å². The van der Waals surface area contributed by atoms with Crippen LogP contribution in [0.15, 0.2) is 29.3 Å². The molecule has 0 spiro atoms.